The summed E-state index contributed by atoms with van der Waals surface area (Å²) in [5.74, 6) is 0.954. The van der Waals surface area contributed by atoms with Gasteiger partial charge in [-0.1, -0.05) is 72.3 Å². The number of para-hydroxylation sites is 2. The van der Waals surface area contributed by atoms with Gasteiger partial charge >= 0.3 is 20.1 Å². The Balaban J connectivity index is 0.000000180. The third-order valence-electron chi connectivity index (χ3n) is 7.68. The van der Waals surface area contributed by atoms with Crippen molar-refractivity contribution in [2.24, 2.45) is 7.05 Å². The second kappa shape index (κ2) is 9.40. The number of imidazole rings is 1. The first-order chi connectivity index (χ1) is 18.4. The molecule has 0 unspecified atom stereocenters. The van der Waals surface area contributed by atoms with Crippen LogP contribution in [0.25, 0.3) is 33.3 Å². The minimum atomic E-state index is -0.111. The summed E-state index contributed by atoms with van der Waals surface area (Å²) >= 11 is 0. The molecule has 0 radical (unpaired) electrons. The average molecular weight is 688 g/mol. The molecular formula is C33H27IrN4O. The van der Waals surface area contributed by atoms with E-state index in [2.05, 4.69) is 90.9 Å². The van der Waals surface area contributed by atoms with E-state index in [1.807, 2.05) is 54.2 Å². The van der Waals surface area contributed by atoms with Gasteiger partial charge in [0.15, 0.2) is 0 Å². The maximum Gasteiger partial charge on any atom is 3.00 e. The van der Waals surface area contributed by atoms with E-state index in [9.17, 15) is 0 Å². The van der Waals surface area contributed by atoms with E-state index in [1.165, 1.54) is 22.5 Å². The van der Waals surface area contributed by atoms with Gasteiger partial charge in [0.1, 0.15) is 0 Å². The normalized spacial score (nSPS) is 14.5. The summed E-state index contributed by atoms with van der Waals surface area (Å²) in [5, 5.41) is 2.17. The van der Waals surface area contributed by atoms with Crippen molar-refractivity contribution in [3.63, 3.8) is 0 Å². The number of fused-ring (bicyclic) bond motifs is 5. The number of furan rings is 1. The minimum absolute atomic E-state index is 0. The van der Waals surface area contributed by atoms with E-state index in [0.717, 1.165) is 39.0 Å². The van der Waals surface area contributed by atoms with Crippen molar-refractivity contribution in [1.29, 1.82) is 0 Å². The van der Waals surface area contributed by atoms with Crippen molar-refractivity contribution in [1.82, 2.24) is 9.55 Å². The van der Waals surface area contributed by atoms with Crippen molar-refractivity contribution < 1.29 is 24.5 Å². The quantitative estimate of drug-likeness (QED) is 0.167. The van der Waals surface area contributed by atoms with E-state index >= 15 is 0 Å². The van der Waals surface area contributed by atoms with Crippen LogP contribution in [-0.2, 0) is 32.6 Å². The van der Waals surface area contributed by atoms with Crippen LogP contribution in [0, 0.1) is 18.8 Å². The van der Waals surface area contributed by atoms with E-state index in [4.69, 9.17) is 4.42 Å². The molecule has 0 saturated carbocycles. The predicted molar refractivity (Wildman–Crippen MR) is 153 cm³/mol. The molecule has 194 valence electrons. The Bertz CT molecular complexity index is 1820. The fraction of sp³-hybridized carbons (Fsp3) is 0.152. The largest absolute Gasteiger partial charge is 3.00 e. The van der Waals surface area contributed by atoms with Crippen LogP contribution < -0.4 is 9.80 Å². The maximum atomic E-state index is 6.13. The van der Waals surface area contributed by atoms with Crippen molar-refractivity contribution in [2.75, 3.05) is 16.8 Å². The Morgan fingerprint density at radius 2 is 1.74 bits per heavy atom. The Labute approximate surface area is 242 Å². The molecule has 0 fully saturated rings. The molecule has 0 bridgehead atoms. The second-order valence-corrected chi connectivity index (χ2v) is 10.4. The Morgan fingerprint density at radius 3 is 2.51 bits per heavy atom. The standard InChI is InChI=1S/C23H18N2O.C10H9N2.Ir/c1-23(2)16-8-6-9-18-22(16)25(13-24(18)3)19-11-15-14-7-4-5-10-20(14)26-21(15)12-17(19)23;1-12-8-7-11-10(12)9-5-3-2-4-6-9;/h4-10,12-13H,1-3H3;2-5,7-8H,1H3;/q-2;-1;+3. The molecule has 2 aliphatic rings. The fourth-order valence-electron chi connectivity index (χ4n) is 5.69. The second-order valence-electron chi connectivity index (χ2n) is 10.4. The SMILES string of the molecule is CN1[CH-]N2c3[c-]c4c(cc3C(C)(C)c3cccc1c32)oc1ccccc14.Cn1ccnc1-c1[c-]cccc1.[Ir+3]. The van der Waals surface area contributed by atoms with Crippen LogP contribution in [0.15, 0.2) is 89.6 Å². The van der Waals surface area contributed by atoms with Gasteiger partial charge in [0, 0.05) is 36.4 Å². The van der Waals surface area contributed by atoms with E-state index in [1.54, 1.807) is 6.20 Å². The predicted octanol–water partition coefficient (Wildman–Crippen LogP) is 7.62. The Morgan fingerprint density at radius 1 is 0.923 bits per heavy atom. The van der Waals surface area contributed by atoms with Crippen molar-refractivity contribution >= 4 is 39.0 Å². The molecule has 2 aliphatic heterocycles. The zero-order chi connectivity index (χ0) is 26.0. The fourth-order valence-corrected chi connectivity index (χ4v) is 5.69. The van der Waals surface area contributed by atoms with Crippen molar-refractivity contribution in [3.8, 4) is 11.4 Å². The van der Waals surface area contributed by atoms with Crippen LogP contribution in [0.5, 0.6) is 0 Å². The maximum absolute atomic E-state index is 6.13. The summed E-state index contributed by atoms with van der Waals surface area (Å²) in [6.07, 6.45) is 3.71. The van der Waals surface area contributed by atoms with E-state index < -0.39 is 0 Å². The molecule has 8 rings (SSSR count). The van der Waals surface area contributed by atoms with Gasteiger partial charge in [-0.15, -0.1) is 42.0 Å². The number of hydrogen-bond acceptors (Lipinski definition) is 4. The molecule has 4 heterocycles. The summed E-state index contributed by atoms with van der Waals surface area (Å²) in [6.45, 7) is 6.74. The third-order valence-corrected chi connectivity index (χ3v) is 7.68. The molecule has 0 N–H and O–H groups in total. The van der Waals surface area contributed by atoms with Crippen LogP contribution >= 0.6 is 0 Å². The number of nitrogens with zero attached hydrogens (tertiary/aromatic N) is 4. The first kappa shape index (κ1) is 25.4. The molecule has 6 aromatic rings. The number of anilines is 3. The van der Waals surface area contributed by atoms with Gasteiger partial charge in [0.25, 0.3) is 0 Å². The van der Waals surface area contributed by atoms with Gasteiger partial charge in [0.05, 0.1) is 11.4 Å². The Kier molecular flexibility index (Phi) is 6.13. The van der Waals surface area contributed by atoms with Crippen molar-refractivity contribution in [2.45, 2.75) is 19.3 Å². The van der Waals surface area contributed by atoms with Gasteiger partial charge < -0.3 is 18.8 Å². The van der Waals surface area contributed by atoms with Gasteiger partial charge in [0.2, 0.25) is 0 Å². The summed E-state index contributed by atoms with van der Waals surface area (Å²) in [5.41, 5.74) is 8.97. The number of rotatable bonds is 1. The first-order valence-corrected chi connectivity index (χ1v) is 12.8. The van der Waals surface area contributed by atoms with Crippen molar-refractivity contribution in [3.05, 3.63) is 115 Å². The summed E-state index contributed by atoms with van der Waals surface area (Å²) in [4.78, 5) is 8.69. The molecule has 2 aromatic heterocycles. The van der Waals surface area contributed by atoms with Gasteiger partial charge in [-0.25, -0.2) is 0 Å². The van der Waals surface area contributed by atoms with Gasteiger partial charge in [-0.3, -0.25) is 4.98 Å². The molecule has 39 heavy (non-hydrogen) atoms. The third kappa shape index (κ3) is 3.90. The average Bonchev–Trinajstić information content (AvgIpc) is 3.63. The summed E-state index contributed by atoms with van der Waals surface area (Å²) in [7, 11) is 4.08. The van der Waals surface area contributed by atoms with E-state index in [0.29, 0.717) is 0 Å². The molecule has 0 spiro atoms. The van der Waals surface area contributed by atoms with Gasteiger partial charge in [-0.05, 0) is 30.2 Å². The molecule has 0 atom stereocenters. The van der Waals surface area contributed by atoms with Crippen LogP contribution in [0.1, 0.15) is 25.0 Å². The Hall–Kier alpha value is -3.86. The number of benzene rings is 4. The van der Waals surface area contributed by atoms with Crippen LogP contribution in [-0.4, -0.2) is 16.6 Å². The summed E-state index contributed by atoms with van der Waals surface area (Å²) in [6, 6.07) is 31.6. The molecule has 0 aliphatic carbocycles. The molecule has 6 heteroatoms. The topological polar surface area (TPSA) is 37.4 Å². The monoisotopic (exact) mass is 688 g/mol. The number of aromatic nitrogens is 2. The van der Waals surface area contributed by atoms with Crippen LogP contribution in [0.3, 0.4) is 0 Å². The zero-order valence-corrected chi connectivity index (χ0v) is 24.6. The smallest absolute Gasteiger partial charge is 0.510 e. The molecule has 0 saturated heterocycles. The van der Waals surface area contributed by atoms with Gasteiger partial charge in [-0.2, -0.15) is 6.67 Å². The number of hydrogen-bond donors (Lipinski definition) is 0. The molecule has 4 aromatic carbocycles. The summed E-state index contributed by atoms with van der Waals surface area (Å²) < 4.78 is 8.11. The first-order valence-electron chi connectivity index (χ1n) is 12.8. The molecule has 5 nitrogen and oxygen atoms in total. The van der Waals surface area contributed by atoms with Crippen LogP contribution in [0.4, 0.5) is 17.1 Å². The molecular weight excluding hydrogens is 661 g/mol. The zero-order valence-electron chi connectivity index (χ0n) is 22.2. The minimum Gasteiger partial charge on any atom is -0.510 e. The van der Waals surface area contributed by atoms with E-state index in [-0.39, 0.29) is 25.5 Å². The number of aryl methyl sites for hydroxylation is 1. The molecule has 0 amide bonds. The van der Waals surface area contributed by atoms with Crippen LogP contribution in [0.2, 0.25) is 0 Å².